The lowest BCUT2D eigenvalue weighted by molar-refractivity contribution is 0.0987. The highest BCUT2D eigenvalue weighted by atomic mass is 35.5. The fourth-order valence-electron chi connectivity index (χ4n) is 3.01. The van der Waals surface area contributed by atoms with E-state index in [4.69, 9.17) is 11.6 Å². The number of hydrogen-bond donors (Lipinski definition) is 0. The average molecular weight is 442 g/mol. The van der Waals surface area contributed by atoms with E-state index in [1.54, 1.807) is 48.8 Å². The largest absolute Gasteiger partial charge is 0.293 e. The topological polar surface area (TPSA) is 64.1 Å². The third-order valence-electron chi connectivity index (χ3n) is 4.58. The van der Waals surface area contributed by atoms with E-state index in [9.17, 15) is 13.2 Å². The number of carbonyl (C=O) groups excluding carboxylic acids is 1. The molecule has 7 heteroatoms. The molecule has 0 aliphatic heterocycles. The van der Waals surface area contributed by atoms with Gasteiger partial charge in [-0.25, -0.2) is 8.42 Å². The summed E-state index contributed by atoms with van der Waals surface area (Å²) in [7, 11) is -3.62. The van der Waals surface area contributed by atoms with Crippen LogP contribution in [0.4, 0.5) is 0 Å². The molecule has 0 unspecified atom stereocenters. The quantitative estimate of drug-likeness (QED) is 0.365. The van der Waals surface area contributed by atoms with E-state index in [2.05, 4.69) is 4.98 Å². The summed E-state index contributed by atoms with van der Waals surface area (Å²) in [5, 5.41) is 1.39. The van der Waals surface area contributed by atoms with Crippen molar-refractivity contribution in [3.05, 3.63) is 88.5 Å². The van der Waals surface area contributed by atoms with Gasteiger partial charge in [0.15, 0.2) is 5.78 Å². The predicted molar refractivity (Wildman–Crippen MR) is 116 cm³/mol. The van der Waals surface area contributed by atoms with Crippen molar-refractivity contribution in [2.24, 2.45) is 0 Å². The molecule has 0 fully saturated rings. The molecule has 2 aromatic heterocycles. The minimum absolute atomic E-state index is 0.0711. The van der Waals surface area contributed by atoms with Gasteiger partial charge in [-0.3, -0.25) is 9.78 Å². The molecule has 0 aliphatic rings. The zero-order valence-electron chi connectivity index (χ0n) is 15.2. The Kier molecular flexibility index (Phi) is 5.50. The van der Waals surface area contributed by atoms with Crippen molar-refractivity contribution in [3.63, 3.8) is 0 Å². The zero-order valence-corrected chi connectivity index (χ0v) is 17.6. The van der Waals surface area contributed by atoms with E-state index < -0.39 is 9.84 Å². The van der Waals surface area contributed by atoms with Crippen LogP contribution in [0.2, 0.25) is 5.02 Å². The van der Waals surface area contributed by atoms with Gasteiger partial charge >= 0.3 is 0 Å². The van der Waals surface area contributed by atoms with Crippen LogP contribution in [-0.2, 0) is 16.3 Å². The van der Waals surface area contributed by atoms with E-state index in [-0.39, 0.29) is 15.6 Å². The molecule has 0 bridgehead atoms. The first-order valence-electron chi connectivity index (χ1n) is 8.90. The van der Waals surface area contributed by atoms with Gasteiger partial charge in [-0.15, -0.1) is 11.3 Å². The lowest BCUT2D eigenvalue weighted by Gasteiger charge is -2.06. The number of halogens is 1. The molecule has 29 heavy (non-hydrogen) atoms. The van der Waals surface area contributed by atoms with Gasteiger partial charge in [0.2, 0.25) is 9.84 Å². The van der Waals surface area contributed by atoms with Crippen LogP contribution in [-0.4, -0.2) is 19.2 Å². The first-order chi connectivity index (χ1) is 13.9. The molecular formula is C22H16ClNO3S2. The molecule has 0 atom stereocenters. The number of Topliss-reactive ketones (excluding diaryl/α,β-unsaturated/α-hetero) is 1. The predicted octanol–water partition coefficient (Wildman–Crippen LogP) is 5.60. The van der Waals surface area contributed by atoms with Crippen LogP contribution in [0, 0.1) is 0 Å². The third-order valence-corrected chi connectivity index (χ3v) is 7.71. The number of nitrogens with zero attached hydrogens (tertiary/aromatic N) is 1. The Labute approximate surface area is 177 Å². The van der Waals surface area contributed by atoms with Gasteiger partial charge in [-0.1, -0.05) is 29.8 Å². The van der Waals surface area contributed by atoms with E-state index in [1.165, 1.54) is 23.5 Å². The average Bonchev–Trinajstić information content (AvgIpc) is 3.17. The van der Waals surface area contributed by atoms with Crippen LogP contribution in [0.3, 0.4) is 0 Å². The standard InChI is InChI=1S/C22H16ClNO3S2/c23-17-2-1-3-19(13-17)29(26,27)18-7-4-15(5-8-18)6-9-20(25)21-12-16-10-11-24-14-22(16)28-21/h1-5,7-8,10-14H,6,9H2. The third kappa shape index (κ3) is 4.24. The van der Waals surface area contributed by atoms with E-state index >= 15 is 0 Å². The normalized spacial score (nSPS) is 11.6. The molecule has 0 saturated carbocycles. The molecule has 2 aromatic carbocycles. The van der Waals surface area contributed by atoms with Crippen molar-refractivity contribution in [3.8, 4) is 0 Å². The summed E-state index contributed by atoms with van der Waals surface area (Å²) in [6, 6.07) is 16.6. The maximum Gasteiger partial charge on any atom is 0.206 e. The van der Waals surface area contributed by atoms with Gasteiger partial charge in [0.1, 0.15) is 0 Å². The lowest BCUT2D eigenvalue weighted by Crippen LogP contribution is -2.03. The highest BCUT2D eigenvalue weighted by molar-refractivity contribution is 7.91. The van der Waals surface area contributed by atoms with Crippen LogP contribution in [0.1, 0.15) is 21.7 Å². The fourth-order valence-corrected chi connectivity index (χ4v) is 5.57. The number of thiophene rings is 1. The number of rotatable bonds is 6. The van der Waals surface area contributed by atoms with Crippen molar-refractivity contribution < 1.29 is 13.2 Å². The van der Waals surface area contributed by atoms with Gasteiger partial charge in [0.25, 0.3) is 0 Å². The van der Waals surface area contributed by atoms with Crippen molar-refractivity contribution in [1.29, 1.82) is 0 Å². The van der Waals surface area contributed by atoms with Crippen LogP contribution >= 0.6 is 22.9 Å². The SMILES string of the molecule is O=C(CCc1ccc(S(=O)(=O)c2cccc(Cl)c2)cc1)c1cc2ccncc2s1. The Morgan fingerprint density at radius 3 is 2.52 bits per heavy atom. The molecule has 0 aliphatic carbocycles. The Morgan fingerprint density at radius 1 is 1.00 bits per heavy atom. The maximum absolute atomic E-state index is 12.7. The molecular weight excluding hydrogens is 426 g/mol. The van der Waals surface area contributed by atoms with Crippen molar-refractivity contribution >= 4 is 48.6 Å². The highest BCUT2D eigenvalue weighted by Crippen LogP contribution is 2.27. The second-order valence-corrected chi connectivity index (χ2v) is 10.0. The van der Waals surface area contributed by atoms with Gasteiger partial charge in [0.05, 0.1) is 19.4 Å². The van der Waals surface area contributed by atoms with Crippen LogP contribution in [0.15, 0.2) is 82.8 Å². The summed E-state index contributed by atoms with van der Waals surface area (Å²) in [5.74, 6) is 0.0711. The molecule has 4 rings (SSSR count). The van der Waals surface area contributed by atoms with Gasteiger partial charge in [0, 0.05) is 23.8 Å². The summed E-state index contributed by atoms with van der Waals surface area (Å²) >= 11 is 7.35. The first-order valence-corrected chi connectivity index (χ1v) is 11.6. The zero-order chi connectivity index (χ0) is 20.4. The minimum atomic E-state index is -3.62. The number of aromatic nitrogens is 1. The molecule has 4 aromatic rings. The number of fused-ring (bicyclic) bond motifs is 1. The summed E-state index contributed by atoms with van der Waals surface area (Å²) in [4.78, 5) is 17.7. The Balaban J connectivity index is 1.46. The van der Waals surface area contributed by atoms with Gasteiger partial charge < -0.3 is 0 Å². The first kappa shape index (κ1) is 19.8. The molecule has 0 radical (unpaired) electrons. The maximum atomic E-state index is 12.7. The number of pyridine rings is 1. The molecule has 4 nitrogen and oxygen atoms in total. The molecule has 146 valence electrons. The van der Waals surface area contributed by atoms with Crippen molar-refractivity contribution in [1.82, 2.24) is 4.98 Å². The second kappa shape index (κ2) is 8.06. The summed E-state index contributed by atoms with van der Waals surface area (Å²) in [5.41, 5.74) is 0.908. The molecule has 2 heterocycles. The Bertz CT molecular complexity index is 1260. The van der Waals surface area contributed by atoms with Gasteiger partial charge in [-0.2, -0.15) is 0 Å². The van der Waals surface area contributed by atoms with E-state index in [0.29, 0.717) is 22.7 Å². The number of carbonyl (C=O) groups is 1. The Hall–Kier alpha value is -2.54. The van der Waals surface area contributed by atoms with E-state index in [0.717, 1.165) is 15.6 Å². The Morgan fingerprint density at radius 2 is 1.79 bits per heavy atom. The van der Waals surface area contributed by atoms with Gasteiger partial charge in [-0.05, 0) is 59.8 Å². The van der Waals surface area contributed by atoms with Crippen LogP contribution in [0.25, 0.3) is 10.1 Å². The van der Waals surface area contributed by atoms with E-state index in [1.807, 2.05) is 12.1 Å². The van der Waals surface area contributed by atoms with Crippen molar-refractivity contribution in [2.45, 2.75) is 22.6 Å². The number of benzene rings is 2. The van der Waals surface area contributed by atoms with Crippen molar-refractivity contribution in [2.75, 3.05) is 0 Å². The summed E-state index contributed by atoms with van der Waals surface area (Å²) < 4.78 is 26.4. The van der Waals surface area contributed by atoms with Crippen LogP contribution in [0.5, 0.6) is 0 Å². The highest BCUT2D eigenvalue weighted by Gasteiger charge is 2.18. The van der Waals surface area contributed by atoms with Crippen LogP contribution < -0.4 is 0 Å². The number of ketones is 1. The fraction of sp³-hybridized carbons (Fsp3) is 0.0909. The number of aryl methyl sites for hydroxylation is 1. The summed E-state index contributed by atoms with van der Waals surface area (Å²) in [6.07, 6.45) is 4.38. The summed E-state index contributed by atoms with van der Waals surface area (Å²) in [6.45, 7) is 0. The number of sulfone groups is 1. The second-order valence-electron chi connectivity index (χ2n) is 6.55. The molecule has 0 N–H and O–H groups in total. The number of hydrogen-bond acceptors (Lipinski definition) is 5. The smallest absolute Gasteiger partial charge is 0.206 e. The molecule has 0 spiro atoms. The molecule has 0 amide bonds. The minimum Gasteiger partial charge on any atom is -0.293 e. The monoisotopic (exact) mass is 441 g/mol. The lowest BCUT2D eigenvalue weighted by atomic mass is 10.1. The molecule has 0 saturated heterocycles.